The third kappa shape index (κ3) is 7.42. The second kappa shape index (κ2) is 14.6. The fraction of sp³-hybridized carbons (Fsp3) is 0.257. The second-order valence-electron chi connectivity index (χ2n) is 10.5. The predicted molar refractivity (Wildman–Crippen MR) is 166 cm³/mol. The Morgan fingerprint density at radius 1 is 0.955 bits per heavy atom. The second-order valence-corrected chi connectivity index (χ2v) is 10.5. The first-order valence-corrected chi connectivity index (χ1v) is 14.6. The third-order valence-corrected chi connectivity index (χ3v) is 7.40. The van der Waals surface area contributed by atoms with Crippen LogP contribution in [0.2, 0.25) is 0 Å². The molecule has 0 aromatic heterocycles. The highest BCUT2D eigenvalue weighted by atomic mass is 19.1. The summed E-state index contributed by atoms with van der Waals surface area (Å²) in [5.74, 6) is 0.976. The third-order valence-electron chi connectivity index (χ3n) is 7.40. The minimum Gasteiger partial charge on any atom is -0.497 e. The molecule has 5 rings (SSSR count). The van der Waals surface area contributed by atoms with Gasteiger partial charge in [0.25, 0.3) is 5.91 Å². The SMILES string of the molecule is COc1cccc([C@@H]2OC(c3ccc(OCCCO)cc3)=N[C@]2(Cc2ccccc2)C(=O)NNCCc2ccc(F)cc2)c1. The van der Waals surface area contributed by atoms with E-state index in [9.17, 15) is 9.18 Å². The maximum atomic E-state index is 14.3. The number of ether oxygens (including phenoxy) is 3. The Morgan fingerprint density at radius 3 is 2.45 bits per heavy atom. The number of hydrazine groups is 1. The Morgan fingerprint density at radius 2 is 1.73 bits per heavy atom. The molecule has 44 heavy (non-hydrogen) atoms. The van der Waals surface area contributed by atoms with Crippen LogP contribution < -0.4 is 20.3 Å². The largest absolute Gasteiger partial charge is 0.497 e. The highest BCUT2D eigenvalue weighted by molar-refractivity contribution is 6.01. The van der Waals surface area contributed by atoms with Crippen LogP contribution in [0.1, 0.15) is 34.8 Å². The normalized spacial score (nSPS) is 17.4. The average molecular weight is 598 g/mol. The summed E-state index contributed by atoms with van der Waals surface area (Å²) in [6.07, 6.45) is 0.623. The topological polar surface area (TPSA) is 101 Å². The van der Waals surface area contributed by atoms with Gasteiger partial charge in [0.2, 0.25) is 5.90 Å². The smallest absolute Gasteiger partial charge is 0.266 e. The summed E-state index contributed by atoms with van der Waals surface area (Å²) in [5, 5.41) is 9.04. The zero-order chi connectivity index (χ0) is 30.8. The lowest BCUT2D eigenvalue weighted by Crippen LogP contribution is -2.54. The van der Waals surface area contributed by atoms with Crippen LogP contribution in [0.25, 0.3) is 0 Å². The Labute approximate surface area is 256 Å². The quantitative estimate of drug-likeness (QED) is 0.140. The number of hydrogen-bond donors (Lipinski definition) is 3. The highest BCUT2D eigenvalue weighted by Crippen LogP contribution is 2.43. The van der Waals surface area contributed by atoms with Gasteiger partial charge >= 0.3 is 0 Å². The van der Waals surface area contributed by atoms with E-state index < -0.39 is 11.6 Å². The molecule has 9 heteroatoms. The Balaban J connectivity index is 1.47. The number of aliphatic imine (C=N–C) groups is 1. The van der Waals surface area contributed by atoms with Crippen molar-refractivity contribution in [2.24, 2.45) is 4.99 Å². The van der Waals surface area contributed by atoms with Crippen molar-refractivity contribution in [2.75, 3.05) is 26.9 Å². The fourth-order valence-electron chi connectivity index (χ4n) is 5.10. The van der Waals surface area contributed by atoms with Gasteiger partial charge in [0.1, 0.15) is 17.3 Å². The van der Waals surface area contributed by atoms with Gasteiger partial charge in [-0.15, -0.1) is 0 Å². The molecule has 228 valence electrons. The maximum absolute atomic E-state index is 14.3. The zero-order valence-corrected chi connectivity index (χ0v) is 24.5. The van der Waals surface area contributed by atoms with Crippen LogP contribution in [0, 0.1) is 5.82 Å². The summed E-state index contributed by atoms with van der Waals surface area (Å²) in [4.78, 5) is 19.3. The van der Waals surface area contributed by atoms with Gasteiger partial charge in [-0.25, -0.2) is 14.8 Å². The molecule has 2 atom stereocenters. The predicted octanol–water partition coefficient (Wildman–Crippen LogP) is 4.96. The molecule has 1 aliphatic rings. The molecule has 1 amide bonds. The van der Waals surface area contributed by atoms with E-state index in [1.165, 1.54) is 12.1 Å². The van der Waals surface area contributed by atoms with Gasteiger partial charge in [-0.2, -0.15) is 0 Å². The van der Waals surface area contributed by atoms with Crippen LogP contribution in [0.4, 0.5) is 4.39 Å². The molecule has 0 bridgehead atoms. The molecule has 8 nitrogen and oxygen atoms in total. The Hall–Kier alpha value is -4.73. The van der Waals surface area contributed by atoms with Crippen LogP contribution in [0.15, 0.2) is 108 Å². The molecule has 4 aromatic rings. The van der Waals surface area contributed by atoms with Crippen molar-refractivity contribution in [1.29, 1.82) is 0 Å². The van der Waals surface area contributed by atoms with Crippen molar-refractivity contribution in [1.82, 2.24) is 10.9 Å². The molecule has 1 heterocycles. The van der Waals surface area contributed by atoms with Crippen LogP contribution in [-0.2, 0) is 22.4 Å². The van der Waals surface area contributed by atoms with Crippen LogP contribution in [0.5, 0.6) is 11.5 Å². The number of benzene rings is 4. The monoisotopic (exact) mass is 597 g/mol. The molecular formula is C35H36FN3O5. The summed E-state index contributed by atoms with van der Waals surface area (Å²) in [5.41, 5.74) is 7.84. The lowest BCUT2D eigenvalue weighted by Gasteiger charge is -2.31. The summed E-state index contributed by atoms with van der Waals surface area (Å²) >= 11 is 0. The number of hydrogen-bond acceptors (Lipinski definition) is 7. The van der Waals surface area contributed by atoms with E-state index in [0.29, 0.717) is 49.0 Å². The van der Waals surface area contributed by atoms with Crippen LogP contribution in [0.3, 0.4) is 0 Å². The van der Waals surface area contributed by atoms with Gasteiger partial charge in [-0.1, -0.05) is 54.6 Å². The number of carbonyl (C=O) groups excluding carboxylic acids is 1. The maximum Gasteiger partial charge on any atom is 0.266 e. The van der Waals surface area contributed by atoms with Crippen molar-refractivity contribution >= 4 is 11.8 Å². The summed E-state index contributed by atoms with van der Waals surface area (Å²) in [6, 6.07) is 30.8. The lowest BCUT2D eigenvalue weighted by molar-refractivity contribution is -0.130. The number of rotatable bonds is 14. The summed E-state index contributed by atoms with van der Waals surface area (Å²) < 4.78 is 31.1. The standard InChI is InChI=1S/C35H36FN3O5/c1-42-31-10-5-9-28(23-31)32-35(24-26-7-3-2-4-8-26,34(41)39-37-20-19-25-11-15-29(36)16-12-25)38-33(44-32)27-13-17-30(18-14-27)43-22-6-21-40/h2-5,7-18,23,32,37,40H,6,19-22,24H2,1H3,(H,39,41)/t32-,35-/m0/s1. The number of methoxy groups -OCH3 is 1. The van der Waals surface area contributed by atoms with Gasteiger partial charge in [0.05, 0.1) is 13.7 Å². The molecule has 0 saturated heterocycles. The van der Waals surface area contributed by atoms with Crippen molar-refractivity contribution in [2.45, 2.75) is 30.9 Å². The van der Waals surface area contributed by atoms with E-state index in [2.05, 4.69) is 10.9 Å². The molecule has 0 aliphatic carbocycles. The van der Waals surface area contributed by atoms with E-state index in [1.807, 2.05) is 78.9 Å². The van der Waals surface area contributed by atoms with E-state index in [0.717, 1.165) is 16.7 Å². The molecule has 4 aromatic carbocycles. The molecule has 0 fully saturated rings. The molecule has 1 aliphatic heterocycles. The number of amides is 1. The molecule has 0 spiro atoms. The zero-order valence-electron chi connectivity index (χ0n) is 24.5. The first kappa shape index (κ1) is 30.7. The molecule has 3 N–H and O–H groups in total. The van der Waals surface area contributed by atoms with Crippen molar-refractivity contribution in [3.05, 3.63) is 131 Å². The van der Waals surface area contributed by atoms with Crippen molar-refractivity contribution < 1.29 is 28.5 Å². The molecule has 0 unspecified atom stereocenters. The number of nitrogens with one attached hydrogen (secondary N) is 2. The van der Waals surface area contributed by atoms with Crippen LogP contribution >= 0.6 is 0 Å². The Kier molecular flexibility index (Phi) is 10.2. The van der Waals surface area contributed by atoms with Crippen LogP contribution in [-0.4, -0.2) is 49.3 Å². The van der Waals surface area contributed by atoms with E-state index in [4.69, 9.17) is 24.3 Å². The minimum atomic E-state index is -1.37. The Bertz CT molecular complexity index is 1550. The molecular weight excluding hydrogens is 561 g/mol. The summed E-state index contributed by atoms with van der Waals surface area (Å²) in [7, 11) is 1.59. The first-order valence-electron chi connectivity index (χ1n) is 14.6. The van der Waals surface area contributed by atoms with Gasteiger partial charge in [0, 0.05) is 31.6 Å². The van der Waals surface area contributed by atoms with E-state index >= 15 is 0 Å². The molecule has 0 saturated carbocycles. The average Bonchev–Trinajstić information content (AvgIpc) is 3.45. The van der Waals surface area contributed by atoms with Crippen molar-refractivity contribution in [3.63, 3.8) is 0 Å². The van der Waals surface area contributed by atoms with Gasteiger partial charge in [-0.05, 0) is 71.6 Å². The lowest BCUT2D eigenvalue weighted by atomic mass is 9.82. The van der Waals surface area contributed by atoms with Gasteiger partial charge in [0.15, 0.2) is 11.6 Å². The van der Waals surface area contributed by atoms with E-state index in [-0.39, 0.29) is 24.8 Å². The number of nitrogens with zero attached hydrogens (tertiary/aromatic N) is 1. The number of carbonyl (C=O) groups is 1. The van der Waals surface area contributed by atoms with Crippen molar-refractivity contribution in [3.8, 4) is 11.5 Å². The minimum absolute atomic E-state index is 0.0566. The van der Waals surface area contributed by atoms with Gasteiger partial charge < -0.3 is 19.3 Å². The van der Waals surface area contributed by atoms with Gasteiger partial charge in [-0.3, -0.25) is 10.2 Å². The number of aliphatic hydroxyl groups excluding tert-OH is 1. The van der Waals surface area contributed by atoms with E-state index in [1.54, 1.807) is 19.2 Å². The molecule has 0 radical (unpaired) electrons. The fourth-order valence-corrected chi connectivity index (χ4v) is 5.10. The number of aliphatic hydroxyl groups is 1. The first-order chi connectivity index (χ1) is 21.5. The number of halogens is 1. The summed E-state index contributed by atoms with van der Waals surface area (Å²) in [6.45, 7) is 0.887. The highest BCUT2D eigenvalue weighted by Gasteiger charge is 2.53.